The van der Waals surface area contributed by atoms with Gasteiger partial charge in [0.25, 0.3) is 0 Å². The van der Waals surface area contributed by atoms with Gasteiger partial charge in [-0.25, -0.2) is 9.38 Å². The first-order valence-electron chi connectivity index (χ1n) is 8.80. The third-order valence-electron chi connectivity index (χ3n) is 3.62. The summed E-state index contributed by atoms with van der Waals surface area (Å²) in [5.74, 6) is 1.18. The maximum atomic E-state index is 12.2. The lowest BCUT2D eigenvalue weighted by molar-refractivity contribution is 0.272. The SMILES string of the molecule is C=N/C(=C\C(=C/OC)C(C)N/C(=C/CC)c1ccc(OCCF)cn1)NC. The first kappa shape index (κ1) is 22.2. The number of nitrogens with zero attached hydrogens (tertiary/aromatic N) is 2. The van der Waals surface area contributed by atoms with Crippen LogP contribution in [0.4, 0.5) is 4.39 Å². The predicted molar refractivity (Wildman–Crippen MR) is 108 cm³/mol. The number of hydrogen-bond donors (Lipinski definition) is 2. The van der Waals surface area contributed by atoms with E-state index in [0.717, 1.165) is 23.4 Å². The van der Waals surface area contributed by atoms with Gasteiger partial charge in [0.15, 0.2) is 0 Å². The Kier molecular flexibility index (Phi) is 10.3. The first-order valence-corrected chi connectivity index (χ1v) is 8.80. The van der Waals surface area contributed by atoms with Gasteiger partial charge < -0.3 is 20.1 Å². The molecule has 0 radical (unpaired) electrons. The van der Waals surface area contributed by atoms with Crippen LogP contribution < -0.4 is 15.4 Å². The summed E-state index contributed by atoms with van der Waals surface area (Å²) in [6.45, 7) is 7.11. The zero-order valence-electron chi connectivity index (χ0n) is 16.5. The average Bonchev–Trinajstić information content (AvgIpc) is 2.69. The molecule has 0 aliphatic carbocycles. The monoisotopic (exact) mass is 376 g/mol. The predicted octanol–water partition coefficient (Wildman–Crippen LogP) is 3.45. The van der Waals surface area contributed by atoms with E-state index in [2.05, 4.69) is 40.3 Å². The van der Waals surface area contributed by atoms with Crippen molar-refractivity contribution in [1.29, 1.82) is 0 Å². The summed E-state index contributed by atoms with van der Waals surface area (Å²) in [7, 11) is 3.38. The number of pyridine rings is 1. The second kappa shape index (κ2) is 12.5. The van der Waals surface area contributed by atoms with E-state index in [-0.39, 0.29) is 12.6 Å². The van der Waals surface area contributed by atoms with E-state index >= 15 is 0 Å². The second-order valence-corrected chi connectivity index (χ2v) is 5.60. The molecule has 1 unspecified atom stereocenters. The number of alkyl halides is 1. The summed E-state index contributed by atoms with van der Waals surface area (Å²) >= 11 is 0. The molecule has 1 aromatic rings. The molecule has 0 fully saturated rings. The first-order chi connectivity index (χ1) is 13.1. The standard InChI is InChI=1S/C20H29FN4O2/c1-6-7-19(18-9-8-17(13-24-18)27-11-10-21)25-15(2)16(14-26-5)12-20(22-3)23-4/h7-9,12-15,23,25H,3,6,10-11H2,1-2,4-5H3/b16-14+,19-7+,20-12+. The molecule has 7 heteroatoms. The zero-order chi connectivity index (χ0) is 20.1. The number of rotatable bonds is 12. The fraction of sp³-hybridized carbons (Fsp3) is 0.400. The molecule has 0 saturated heterocycles. The Morgan fingerprint density at radius 1 is 1.44 bits per heavy atom. The van der Waals surface area contributed by atoms with Crippen molar-refractivity contribution in [2.24, 2.45) is 4.99 Å². The minimum absolute atomic E-state index is 0.0244. The highest BCUT2D eigenvalue weighted by Gasteiger charge is 2.12. The van der Waals surface area contributed by atoms with Crippen LogP contribution in [-0.2, 0) is 4.74 Å². The van der Waals surface area contributed by atoms with E-state index in [0.29, 0.717) is 11.6 Å². The highest BCUT2D eigenvalue weighted by Crippen LogP contribution is 2.17. The second-order valence-electron chi connectivity index (χ2n) is 5.60. The number of allylic oxidation sites excluding steroid dienone is 1. The molecule has 0 aliphatic heterocycles. The van der Waals surface area contributed by atoms with Crippen LogP contribution in [0.2, 0.25) is 0 Å². The summed E-state index contributed by atoms with van der Waals surface area (Å²) in [6.07, 6.45) is 8.00. The van der Waals surface area contributed by atoms with E-state index in [1.807, 2.05) is 19.1 Å². The lowest BCUT2D eigenvalue weighted by Gasteiger charge is -2.19. The Labute approximate surface area is 160 Å². The highest BCUT2D eigenvalue weighted by molar-refractivity contribution is 5.62. The van der Waals surface area contributed by atoms with Gasteiger partial charge >= 0.3 is 0 Å². The Balaban J connectivity index is 3.00. The van der Waals surface area contributed by atoms with Gasteiger partial charge in [0.2, 0.25) is 0 Å². The molecule has 27 heavy (non-hydrogen) atoms. The average molecular weight is 376 g/mol. The van der Waals surface area contributed by atoms with Crippen molar-refractivity contribution in [3.8, 4) is 5.75 Å². The number of aromatic nitrogens is 1. The molecular formula is C20H29FN4O2. The summed E-state index contributed by atoms with van der Waals surface area (Å²) in [6, 6.07) is 3.55. The third kappa shape index (κ3) is 7.52. The lowest BCUT2D eigenvalue weighted by atomic mass is 10.1. The van der Waals surface area contributed by atoms with Gasteiger partial charge in [-0.3, -0.25) is 4.98 Å². The van der Waals surface area contributed by atoms with Crippen LogP contribution in [0.3, 0.4) is 0 Å². The minimum atomic E-state index is -0.530. The number of methoxy groups -OCH3 is 1. The van der Waals surface area contributed by atoms with Gasteiger partial charge in [0, 0.05) is 12.6 Å². The molecule has 0 aromatic carbocycles. The Bertz CT molecular complexity index is 669. The van der Waals surface area contributed by atoms with Gasteiger partial charge in [0.1, 0.15) is 24.9 Å². The molecule has 1 heterocycles. The number of nitrogens with one attached hydrogen (secondary N) is 2. The molecule has 0 amide bonds. The molecule has 1 rings (SSSR count). The van der Waals surface area contributed by atoms with E-state index in [9.17, 15) is 4.39 Å². The van der Waals surface area contributed by atoms with Crippen LogP contribution in [0, 0.1) is 0 Å². The Morgan fingerprint density at radius 3 is 2.74 bits per heavy atom. The van der Waals surface area contributed by atoms with Crippen LogP contribution >= 0.6 is 0 Å². The van der Waals surface area contributed by atoms with Gasteiger partial charge in [-0.15, -0.1) is 0 Å². The number of hydrogen-bond acceptors (Lipinski definition) is 6. The fourth-order valence-corrected chi connectivity index (χ4v) is 2.29. The summed E-state index contributed by atoms with van der Waals surface area (Å²) in [4.78, 5) is 8.34. The molecule has 0 spiro atoms. The largest absolute Gasteiger partial charge is 0.504 e. The van der Waals surface area contributed by atoms with Gasteiger partial charge in [-0.05, 0) is 38.3 Å². The molecule has 1 aromatic heterocycles. The van der Waals surface area contributed by atoms with Crippen LogP contribution in [0.15, 0.2) is 53.1 Å². The van der Waals surface area contributed by atoms with E-state index in [4.69, 9.17) is 9.47 Å². The molecule has 0 aliphatic rings. The van der Waals surface area contributed by atoms with E-state index in [1.54, 1.807) is 32.7 Å². The van der Waals surface area contributed by atoms with Crippen LogP contribution in [0.1, 0.15) is 26.0 Å². The third-order valence-corrected chi connectivity index (χ3v) is 3.62. The van der Waals surface area contributed by atoms with E-state index < -0.39 is 6.67 Å². The van der Waals surface area contributed by atoms with Crippen molar-refractivity contribution in [3.63, 3.8) is 0 Å². The summed E-state index contributed by atoms with van der Waals surface area (Å²) in [5.41, 5.74) is 2.54. The molecule has 6 nitrogen and oxygen atoms in total. The Hall–Kier alpha value is -2.83. The zero-order valence-corrected chi connectivity index (χ0v) is 16.5. The normalized spacial score (nSPS) is 13.7. The van der Waals surface area contributed by atoms with Crippen molar-refractivity contribution in [2.45, 2.75) is 26.3 Å². The van der Waals surface area contributed by atoms with Crippen molar-refractivity contribution in [1.82, 2.24) is 15.6 Å². The summed E-state index contributed by atoms with van der Waals surface area (Å²) in [5, 5.41) is 6.42. The maximum absolute atomic E-state index is 12.2. The molecule has 2 N–H and O–H groups in total. The fourth-order valence-electron chi connectivity index (χ4n) is 2.29. The van der Waals surface area contributed by atoms with E-state index in [1.165, 1.54) is 0 Å². The van der Waals surface area contributed by atoms with Crippen LogP contribution in [-0.4, -0.2) is 45.2 Å². The van der Waals surface area contributed by atoms with Crippen molar-refractivity contribution in [2.75, 3.05) is 27.4 Å². The molecular weight excluding hydrogens is 347 g/mol. The molecule has 1 atom stereocenters. The number of aliphatic imine (C=N–C) groups is 1. The van der Waals surface area contributed by atoms with Gasteiger partial charge in [-0.1, -0.05) is 13.0 Å². The molecule has 0 saturated carbocycles. The quantitative estimate of drug-likeness (QED) is 0.332. The number of ether oxygens (including phenoxy) is 2. The molecule has 0 bridgehead atoms. The van der Waals surface area contributed by atoms with Crippen LogP contribution in [0.5, 0.6) is 5.75 Å². The van der Waals surface area contributed by atoms with Gasteiger partial charge in [-0.2, -0.15) is 0 Å². The Morgan fingerprint density at radius 2 is 2.22 bits per heavy atom. The minimum Gasteiger partial charge on any atom is -0.504 e. The topological polar surface area (TPSA) is 67.8 Å². The lowest BCUT2D eigenvalue weighted by Crippen LogP contribution is -2.27. The van der Waals surface area contributed by atoms with Gasteiger partial charge in [0.05, 0.1) is 37.0 Å². The molecule has 148 valence electrons. The van der Waals surface area contributed by atoms with Crippen molar-refractivity contribution < 1.29 is 13.9 Å². The number of halogens is 1. The smallest absolute Gasteiger partial charge is 0.137 e. The highest BCUT2D eigenvalue weighted by atomic mass is 19.1. The van der Waals surface area contributed by atoms with Crippen molar-refractivity contribution >= 4 is 12.4 Å². The van der Waals surface area contributed by atoms with Crippen molar-refractivity contribution in [3.05, 3.63) is 53.8 Å². The maximum Gasteiger partial charge on any atom is 0.137 e. The van der Waals surface area contributed by atoms with Crippen LogP contribution in [0.25, 0.3) is 5.70 Å². The summed E-state index contributed by atoms with van der Waals surface area (Å²) < 4.78 is 22.6.